The fourth-order valence-electron chi connectivity index (χ4n) is 2.12. The first-order chi connectivity index (χ1) is 6.56. The SMILES string of the molecule is CCC(C)CN1CCC(C(=O)O)C1C. The fourth-order valence-corrected chi connectivity index (χ4v) is 2.12. The maximum Gasteiger partial charge on any atom is 0.308 e. The van der Waals surface area contributed by atoms with Gasteiger partial charge in [0, 0.05) is 12.6 Å². The maximum atomic E-state index is 10.9. The van der Waals surface area contributed by atoms with Crippen LogP contribution >= 0.6 is 0 Å². The number of aliphatic carboxylic acids is 1. The van der Waals surface area contributed by atoms with Gasteiger partial charge in [-0.1, -0.05) is 20.3 Å². The molecule has 1 aliphatic rings. The zero-order valence-corrected chi connectivity index (χ0v) is 9.36. The topological polar surface area (TPSA) is 40.5 Å². The molecule has 0 bridgehead atoms. The number of likely N-dealkylation sites (tertiary alicyclic amines) is 1. The third-order valence-electron chi connectivity index (χ3n) is 3.45. The Kier molecular flexibility index (Phi) is 3.93. The van der Waals surface area contributed by atoms with Crippen molar-refractivity contribution in [3.8, 4) is 0 Å². The van der Waals surface area contributed by atoms with E-state index in [-0.39, 0.29) is 12.0 Å². The Hall–Kier alpha value is -0.570. The standard InChI is InChI=1S/C11H21NO2/c1-4-8(2)7-12-6-5-10(9(12)3)11(13)14/h8-10H,4-7H2,1-3H3,(H,13,14). The minimum atomic E-state index is -0.635. The van der Waals surface area contributed by atoms with E-state index in [2.05, 4.69) is 18.7 Å². The van der Waals surface area contributed by atoms with E-state index >= 15 is 0 Å². The Balaban J connectivity index is 2.47. The lowest BCUT2D eigenvalue weighted by Crippen LogP contribution is -2.35. The van der Waals surface area contributed by atoms with Crippen LogP contribution in [0.4, 0.5) is 0 Å². The summed E-state index contributed by atoms with van der Waals surface area (Å²) in [5, 5.41) is 8.97. The first-order valence-electron chi connectivity index (χ1n) is 5.53. The first-order valence-corrected chi connectivity index (χ1v) is 5.53. The molecule has 0 radical (unpaired) electrons. The van der Waals surface area contributed by atoms with Gasteiger partial charge in [-0.25, -0.2) is 0 Å². The Morgan fingerprint density at radius 2 is 2.29 bits per heavy atom. The summed E-state index contributed by atoms with van der Waals surface area (Å²) in [7, 11) is 0. The number of carboxylic acids is 1. The second-order valence-electron chi connectivity index (χ2n) is 4.48. The summed E-state index contributed by atoms with van der Waals surface area (Å²) in [6.07, 6.45) is 1.98. The van der Waals surface area contributed by atoms with Gasteiger partial charge in [-0.3, -0.25) is 9.69 Å². The van der Waals surface area contributed by atoms with E-state index in [1.165, 1.54) is 6.42 Å². The summed E-state index contributed by atoms with van der Waals surface area (Å²) in [6.45, 7) is 8.43. The van der Waals surface area contributed by atoms with Gasteiger partial charge in [0.1, 0.15) is 0 Å². The Morgan fingerprint density at radius 3 is 2.71 bits per heavy atom. The van der Waals surface area contributed by atoms with Gasteiger partial charge in [-0.2, -0.15) is 0 Å². The van der Waals surface area contributed by atoms with Gasteiger partial charge in [0.25, 0.3) is 0 Å². The summed E-state index contributed by atoms with van der Waals surface area (Å²) < 4.78 is 0. The third kappa shape index (κ3) is 2.47. The average molecular weight is 199 g/mol. The van der Waals surface area contributed by atoms with E-state index < -0.39 is 5.97 Å². The van der Waals surface area contributed by atoms with Crippen molar-refractivity contribution >= 4 is 5.97 Å². The minimum Gasteiger partial charge on any atom is -0.481 e. The van der Waals surface area contributed by atoms with Gasteiger partial charge >= 0.3 is 5.97 Å². The van der Waals surface area contributed by atoms with Crippen LogP contribution in [0.3, 0.4) is 0 Å². The van der Waals surface area contributed by atoms with Crippen molar-refractivity contribution in [1.82, 2.24) is 4.90 Å². The predicted molar refractivity (Wildman–Crippen MR) is 56.2 cm³/mol. The lowest BCUT2D eigenvalue weighted by atomic mass is 10.0. The van der Waals surface area contributed by atoms with Crippen LogP contribution in [0.15, 0.2) is 0 Å². The monoisotopic (exact) mass is 199 g/mol. The van der Waals surface area contributed by atoms with Crippen LogP contribution in [0.5, 0.6) is 0 Å². The molecular formula is C11H21NO2. The van der Waals surface area contributed by atoms with E-state index in [1.54, 1.807) is 0 Å². The highest BCUT2D eigenvalue weighted by molar-refractivity contribution is 5.71. The quantitative estimate of drug-likeness (QED) is 0.751. The molecule has 3 nitrogen and oxygen atoms in total. The Labute approximate surface area is 86.1 Å². The molecule has 1 aliphatic heterocycles. The molecule has 1 rings (SSSR count). The normalized spacial score (nSPS) is 30.5. The van der Waals surface area contributed by atoms with Crippen LogP contribution < -0.4 is 0 Å². The number of nitrogens with zero attached hydrogens (tertiary/aromatic N) is 1. The van der Waals surface area contributed by atoms with Crippen LogP contribution in [0.25, 0.3) is 0 Å². The number of hydrogen-bond acceptors (Lipinski definition) is 2. The highest BCUT2D eigenvalue weighted by Crippen LogP contribution is 2.25. The highest BCUT2D eigenvalue weighted by Gasteiger charge is 2.35. The second-order valence-corrected chi connectivity index (χ2v) is 4.48. The van der Waals surface area contributed by atoms with Gasteiger partial charge < -0.3 is 5.11 Å². The maximum absolute atomic E-state index is 10.9. The lowest BCUT2D eigenvalue weighted by Gasteiger charge is -2.25. The number of rotatable bonds is 4. The molecule has 1 fully saturated rings. The summed E-state index contributed by atoms with van der Waals surface area (Å²) in [4.78, 5) is 13.2. The van der Waals surface area contributed by atoms with Crippen LogP contribution in [-0.4, -0.2) is 35.1 Å². The molecule has 0 aromatic carbocycles. The Morgan fingerprint density at radius 1 is 1.64 bits per heavy atom. The van der Waals surface area contributed by atoms with Crippen LogP contribution in [-0.2, 0) is 4.79 Å². The number of hydrogen-bond donors (Lipinski definition) is 1. The van der Waals surface area contributed by atoms with Crippen LogP contribution in [0.1, 0.15) is 33.6 Å². The molecular weight excluding hydrogens is 178 g/mol. The molecule has 3 unspecified atom stereocenters. The van der Waals surface area contributed by atoms with E-state index in [0.29, 0.717) is 5.92 Å². The zero-order chi connectivity index (χ0) is 10.7. The van der Waals surface area contributed by atoms with E-state index in [4.69, 9.17) is 5.11 Å². The van der Waals surface area contributed by atoms with Crippen molar-refractivity contribution in [2.45, 2.75) is 39.7 Å². The number of carbonyl (C=O) groups is 1. The Bertz CT molecular complexity index is 205. The summed E-state index contributed by atoms with van der Waals surface area (Å²) in [5.74, 6) is -0.117. The fraction of sp³-hybridized carbons (Fsp3) is 0.909. The molecule has 0 amide bonds. The van der Waals surface area contributed by atoms with Gasteiger partial charge in [0.15, 0.2) is 0 Å². The molecule has 1 saturated heterocycles. The van der Waals surface area contributed by atoms with Crippen molar-refractivity contribution in [2.75, 3.05) is 13.1 Å². The van der Waals surface area contributed by atoms with Crippen molar-refractivity contribution in [1.29, 1.82) is 0 Å². The molecule has 3 heteroatoms. The van der Waals surface area contributed by atoms with Crippen molar-refractivity contribution in [3.63, 3.8) is 0 Å². The second kappa shape index (κ2) is 4.78. The van der Waals surface area contributed by atoms with E-state index in [9.17, 15) is 4.79 Å². The third-order valence-corrected chi connectivity index (χ3v) is 3.45. The molecule has 1 heterocycles. The molecule has 0 aromatic rings. The molecule has 0 aliphatic carbocycles. The van der Waals surface area contributed by atoms with Crippen molar-refractivity contribution < 1.29 is 9.90 Å². The van der Waals surface area contributed by atoms with Crippen LogP contribution in [0, 0.1) is 11.8 Å². The lowest BCUT2D eigenvalue weighted by molar-refractivity contribution is -0.142. The smallest absolute Gasteiger partial charge is 0.308 e. The van der Waals surface area contributed by atoms with Gasteiger partial charge in [-0.15, -0.1) is 0 Å². The highest BCUT2D eigenvalue weighted by atomic mass is 16.4. The number of carboxylic acid groups (broad SMARTS) is 1. The summed E-state index contributed by atoms with van der Waals surface area (Å²) in [6, 6.07) is 0.210. The van der Waals surface area contributed by atoms with E-state index in [0.717, 1.165) is 19.5 Å². The van der Waals surface area contributed by atoms with Gasteiger partial charge in [0.2, 0.25) is 0 Å². The molecule has 14 heavy (non-hydrogen) atoms. The van der Waals surface area contributed by atoms with Crippen molar-refractivity contribution in [2.24, 2.45) is 11.8 Å². The first kappa shape index (κ1) is 11.5. The predicted octanol–water partition coefficient (Wildman–Crippen LogP) is 1.83. The molecule has 0 spiro atoms. The average Bonchev–Trinajstić information content (AvgIpc) is 2.48. The molecule has 0 aromatic heterocycles. The molecule has 82 valence electrons. The van der Waals surface area contributed by atoms with E-state index in [1.807, 2.05) is 6.92 Å². The van der Waals surface area contributed by atoms with Crippen molar-refractivity contribution in [3.05, 3.63) is 0 Å². The molecule has 1 N–H and O–H groups in total. The molecule has 3 atom stereocenters. The summed E-state index contributed by atoms with van der Waals surface area (Å²) in [5.41, 5.74) is 0. The van der Waals surface area contributed by atoms with Gasteiger partial charge in [0.05, 0.1) is 5.92 Å². The molecule has 0 saturated carbocycles. The largest absolute Gasteiger partial charge is 0.481 e. The van der Waals surface area contributed by atoms with Crippen LogP contribution in [0.2, 0.25) is 0 Å². The zero-order valence-electron chi connectivity index (χ0n) is 9.36. The minimum absolute atomic E-state index is 0.154. The summed E-state index contributed by atoms with van der Waals surface area (Å²) >= 11 is 0. The van der Waals surface area contributed by atoms with Gasteiger partial charge in [-0.05, 0) is 25.8 Å².